The van der Waals surface area contributed by atoms with E-state index >= 15 is 0 Å². The quantitative estimate of drug-likeness (QED) is 0.161. The molecular weight excluding hydrogens is 782 g/mol. The first-order chi connectivity index (χ1) is 26.0. The van der Waals surface area contributed by atoms with E-state index < -0.39 is 0 Å². The summed E-state index contributed by atoms with van der Waals surface area (Å²) in [4.78, 5) is 15.1. The zero-order chi connectivity index (χ0) is 35.7. The number of hydrogen-bond donors (Lipinski definition) is 0. The van der Waals surface area contributed by atoms with Gasteiger partial charge in [-0.25, -0.2) is 19.5 Å². The zero-order valence-corrected chi connectivity index (χ0v) is 31.4. The van der Waals surface area contributed by atoms with E-state index in [1.165, 1.54) is 0 Å². The van der Waals surface area contributed by atoms with Gasteiger partial charge in [0, 0.05) is 48.5 Å². The maximum Gasteiger partial charge on any atom is 0.182 e. The van der Waals surface area contributed by atoms with Crippen LogP contribution in [-0.2, 0) is 0 Å². The topological polar surface area (TPSA) is 56.0 Å². The molecule has 0 amide bonds. The van der Waals surface area contributed by atoms with Crippen molar-refractivity contribution in [3.63, 3.8) is 0 Å². The van der Waals surface area contributed by atoms with Crippen LogP contribution in [0.1, 0.15) is 0 Å². The summed E-state index contributed by atoms with van der Waals surface area (Å²) in [6.07, 6.45) is 2.06. The number of benzene rings is 6. The number of hydrogen-bond acceptors (Lipinski definition) is 4. The van der Waals surface area contributed by atoms with Gasteiger partial charge < -0.3 is 0 Å². The summed E-state index contributed by atoms with van der Waals surface area (Å²) in [6.45, 7) is 0. The predicted molar refractivity (Wildman–Crippen MR) is 222 cm³/mol. The first-order valence-corrected chi connectivity index (χ1v) is 18.8. The van der Waals surface area contributed by atoms with E-state index in [1.807, 2.05) is 77.3 Å². The second-order valence-electron chi connectivity index (χ2n) is 12.7. The van der Waals surface area contributed by atoms with Gasteiger partial charge in [0.15, 0.2) is 17.3 Å². The summed E-state index contributed by atoms with van der Waals surface area (Å²) in [7, 11) is 0. The van der Waals surface area contributed by atoms with Crippen LogP contribution in [0.2, 0.25) is 0 Å². The third kappa shape index (κ3) is 6.85. The van der Waals surface area contributed by atoms with Crippen LogP contribution in [-0.4, -0.2) is 24.6 Å². The van der Waals surface area contributed by atoms with E-state index in [0.29, 0.717) is 11.6 Å². The predicted octanol–water partition coefficient (Wildman–Crippen LogP) is 12.7. The highest BCUT2D eigenvalue weighted by molar-refractivity contribution is 9.10. The van der Waals surface area contributed by atoms with Crippen LogP contribution >= 0.6 is 31.9 Å². The van der Waals surface area contributed by atoms with Gasteiger partial charge in [-0.3, -0.25) is 0 Å². The Bertz CT molecular complexity index is 2710. The zero-order valence-electron chi connectivity index (χ0n) is 28.2. The number of halogens is 2. The van der Waals surface area contributed by atoms with Gasteiger partial charge in [0.25, 0.3) is 0 Å². The molecule has 0 fully saturated rings. The molecule has 0 N–H and O–H groups in total. The Morgan fingerprint density at radius 1 is 0.358 bits per heavy atom. The lowest BCUT2D eigenvalue weighted by atomic mass is 9.97. The molecule has 0 bridgehead atoms. The molecule has 0 spiro atoms. The van der Waals surface area contributed by atoms with Gasteiger partial charge in [0.2, 0.25) is 0 Å². The molecule has 252 valence electrons. The van der Waals surface area contributed by atoms with Crippen molar-refractivity contribution in [3.8, 4) is 78.7 Å². The van der Waals surface area contributed by atoms with Gasteiger partial charge in [0.05, 0.1) is 11.4 Å². The Morgan fingerprint density at radius 2 is 0.868 bits per heavy atom. The molecule has 0 aliphatic heterocycles. The Kier molecular flexibility index (Phi) is 8.79. The molecule has 0 saturated carbocycles. The smallest absolute Gasteiger partial charge is 0.182 e. The first-order valence-electron chi connectivity index (χ1n) is 17.2. The van der Waals surface area contributed by atoms with Crippen LogP contribution in [0.15, 0.2) is 185 Å². The average Bonchev–Trinajstić information content (AvgIpc) is 3.66. The van der Waals surface area contributed by atoms with E-state index in [2.05, 4.69) is 135 Å². The Labute approximate surface area is 324 Å². The van der Waals surface area contributed by atoms with Gasteiger partial charge in [-0.1, -0.05) is 159 Å². The minimum Gasteiger partial charge on any atom is -0.228 e. The lowest BCUT2D eigenvalue weighted by Gasteiger charge is -2.11. The standard InChI is InChI=1S/C46H29Br2N5/c47-39-22-18-34(19-23-39)44-49-42(33-10-5-2-6-11-33)28-43(50-44)37-13-7-12-36(26-37)31-14-16-32(17-15-31)41-27-38(30-8-3-1-4-9-30)29-53-46(41)51-45(52-53)35-20-24-40(48)25-21-35/h1-29H. The van der Waals surface area contributed by atoms with Crippen molar-refractivity contribution in [1.82, 2.24) is 24.6 Å². The summed E-state index contributed by atoms with van der Waals surface area (Å²) in [5, 5.41) is 4.92. The number of nitrogens with zero attached hydrogens (tertiary/aromatic N) is 5. The Balaban J connectivity index is 1.10. The van der Waals surface area contributed by atoms with E-state index in [0.717, 1.165) is 81.6 Å². The fraction of sp³-hybridized carbons (Fsp3) is 0. The fourth-order valence-electron chi connectivity index (χ4n) is 6.49. The normalized spacial score (nSPS) is 11.2. The highest BCUT2D eigenvalue weighted by atomic mass is 79.9. The molecule has 7 heteroatoms. The molecular formula is C46H29Br2N5. The van der Waals surface area contributed by atoms with Crippen LogP contribution in [0.25, 0.3) is 84.3 Å². The number of fused-ring (bicyclic) bond motifs is 1. The molecule has 9 rings (SSSR count). The second kappa shape index (κ2) is 14.2. The molecule has 0 radical (unpaired) electrons. The molecule has 0 aliphatic carbocycles. The second-order valence-corrected chi connectivity index (χ2v) is 14.5. The van der Waals surface area contributed by atoms with Gasteiger partial charge in [0.1, 0.15) is 0 Å². The molecule has 0 aliphatic rings. The summed E-state index contributed by atoms with van der Waals surface area (Å²) in [6, 6.07) is 58.4. The van der Waals surface area contributed by atoms with Crippen molar-refractivity contribution in [2.45, 2.75) is 0 Å². The highest BCUT2D eigenvalue weighted by Crippen LogP contribution is 2.34. The van der Waals surface area contributed by atoms with Crippen LogP contribution in [0.3, 0.4) is 0 Å². The third-order valence-corrected chi connectivity index (χ3v) is 10.3. The summed E-state index contributed by atoms with van der Waals surface area (Å²) >= 11 is 7.09. The van der Waals surface area contributed by atoms with Crippen molar-refractivity contribution in [2.24, 2.45) is 0 Å². The molecule has 3 heterocycles. The monoisotopic (exact) mass is 809 g/mol. The van der Waals surface area contributed by atoms with Crippen molar-refractivity contribution in [1.29, 1.82) is 0 Å². The Morgan fingerprint density at radius 3 is 1.53 bits per heavy atom. The van der Waals surface area contributed by atoms with E-state index in [9.17, 15) is 0 Å². The van der Waals surface area contributed by atoms with Gasteiger partial charge >= 0.3 is 0 Å². The average molecular weight is 812 g/mol. The Hall–Kier alpha value is -6.02. The molecule has 6 aromatic carbocycles. The van der Waals surface area contributed by atoms with Crippen molar-refractivity contribution < 1.29 is 0 Å². The lowest BCUT2D eigenvalue weighted by molar-refractivity contribution is 0.968. The molecule has 3 aromatic heterocycles. The van der Waals surface area contributed by atoms with Crippen molar-refractivity contribution in [2.75, 3.05) is 0 Å². The SMILES string of the molecule is Brc1ccc(-c2nc(-c3ccccc3)cc(-c3cccc(-c4ccc(-c5cc(-c6ccccc6)cn6nc(-c7ccc(Br)cc7)nc56)cc4)c3)n2)cc1. The van der Waals surface area contributed by atoms with Crippen LogP contribution in [0.4, 0.5) is 0 Å². The van der Waals surface area contributed by atoms with Crippen LogP contribution < -0.4 is 0 Å². The van der Waals surface area contributed by atoms with Crippen LogP contribution in [0.5, 0.6) is 0 Å². The maximum atomic E-state index is 5.06. The molecule has 0 atom stereocenters. The van der Waals surface area contributed by atoms with E-state index in [-0.39, 0.29) is 0 Å². The minimum atomic E-state index is 0.681. The first kappa shape index (κ1) is 32.9. The van der Waals surface area contributed by atoms with Crippen molar-refractivity contribution >= 4 is 37.5 Å². The molecule has 0 saturated heterocycles. The highest BCUT2D eigenvalue weighted by Gasteiger charge is 2.16. The lowest BCUT2D eigenvalue weighted by Crippen LogP contribution is -1.96. The molecule has 9 aromatic rings. The van der Waals surface area contributed by atoms with Gasteiger partial charge in [-0.05, 0) is 64.7 Å². The third-order valence-electron chi connectivity index (χ3n) is 9.23. The maximum absolute atomic E-state index is 5.06. The molecule has 53 heavy (non-hydrogen) atoms. The van der Waals surface area contributed by atoms with Crippen molar-refractivity contribution in [3.05, 3.63) is 185 Å². The molecule has 5 nitrogen and oxygen atoms in total. The summed E-state index contributed by atoms with van der Waals surface area (Å²) in [5.74, 6) is 1.37. The number of pyridine rings is 1. The molecule has 0 unspecified atom stereocenters. The largest absolute Gasteiger partial charge is 0.228 e. The van der Waals surface area contributed by atoms with Crippen LogP contribution in [0, 0.1) is 0 Å². The fourth-order valence-corrected chi connectivity index (χ4v) is 7.02. The summed E-state index contributed by atoms with van der Waals surface area (Å²) < 4.78 is 3.93. The van der Waals surface area contributed by atoms with E-state index in [4.69, 9.17) is 20.1 Å². The minimum absolute atomic E-state index is 0.681. The van der Waals surface area contributed by atoms with Gasteiger partial charge in [-0.15, -0.1) is 5.10 Å². The number of aromatic nitrogens is 5. The summed E-state index contributed by atoms with van der Waals surface area (Å²) in [5.41, 5.74) is 13.0. The van der Waals surface area contributed by atoms with E-state index in [1.54, 1.807) is 0 Å². The van der Waals surface area contributed by atoms with Gasteiger partial charge in [-0.2, -0.15) is 0 Å². The number of rotatable bonds is 7.